The number of hydrogen-bond donors (Lipinski definition) is 3. The van der Waals surface area contributed by atoms with Crippen LogP contribution < -0.4 is 0 Å². The molecule has 0 aromatic carbocycles. The van der Waals surface area contributed by atoms with Crippen LogP contribution in [-0.4, -0.2) is 46.7 Å². The zero-order valence-corrected chi connectivity index (χ0v) is 16.1. The fourth-order valence-electron chi connectivity index (χ4n) is 2.91. The molecule has 150 valence electrons. The van der Waals surface area contributed by atoms with E-state index in [0.29, 0.717) is 6.42 Å². The second kappa shape index (κ2) is 18.2. The van der Waals surface area contributed by atoms with Crippen LogP contribution >= 0.6 is 0 Å². The van der Waals surface area contributed by atoms with Gasteiger partial charge in [0.05, 0.1) is 13.2 Å². The average molecular weight is 361 g/mol. The van der Waals surface area contributed by atoms with Crippen molar-refractivity contribution in [1.29, 1.82) is 0 Å². The van der Waals surface area contributed by atoms with Crippen LogP contribution in [0.25, 0.3) is 0 Å². The molecule has 0 fully saturated rings. The van der Waals surface area contributed by atoms with Gasteiger partial charge in [0.1, 0.15) is 6.10 Å². The third-order valence-corrected chi connectivity index (χ3v) is 4.55. The minimum Gasteiger partial charge on any atom is -0.479 e. The Balaban J connectivity index is 3.41. The van der Waals surface area contributed by atoms with E-state index in [-0.39, 0.29) is 6.61 Å². The summed E-state index contributed by atoms with van der Waals surface area (Å²) in [6.07, 6.45) is 14.9. The molecular formula is C20H40O5. The van der Waals surface area contributed by atoms with Gasteiger partial charge in [0.2, 0.25) is 0 Å². The van der Waals surface area contributed by atoms with Gasteiger partial charge >= 0.3 is 5.97 Å². The van der Waals surface area contributed by atoms with E-state index in [1.807, 2.05) is 0 Å². The maximum Gasteiger partial charge on any atom is 0.332 e. The summed E-state index contributed by atoms with van der Waals surface area (Å²) < 4.78 is 5.15. The van der Waals surface area contributed by atoms with Crippen LogP contribution in [-0.2, 0) is 9.53 Å². The fourth-order valence-corrected chi connectivity index (χ4v) is 2.91. The lowest BCUT2D eigenvalue weighted by Crippen LogP contribution is -2.29. The fraction of sp³-hybridized carbons (Fsp3) is 0.950. The van der Waals surface area contributed by atoms with Crippen molar-refractivity contribution in [3.8, 4) is 0 Å². The first-order valence-electron chi connectivity index (χ1n) is 10.2. The number of aliphatic hydroxyl groups excluding tert-OH is 2. The molecule has 0 aliphatic heterocycles. The summed E-state index contributed by atoms with van der Waals surface area (Å²) in [5.74, 6) is -0.996. The van der Waals surface area contributed by atoms with E-state index in [4.69, 9.17) is 14.9 Å². The molecule has 5 heteroatoms. The zero-order valence-electron chi connectivity index (χ0n) is 16.1. The predicted molar refractivity (Wildman–Crippen MR) is 101 cm³/mol. The van der Waals surface area contributed by atoms with Gasteiger partial charge in [-0.05, 0) is 6.42 Å². The van der Waals surface area contributed by atoms with Crippen LogP contribution in [0.2, 0.25) is 0 Å². The van der Waals surface area contributed by atoms with Gasteiger partial charge in [0.15, 0.2) is 6.10 Å². The van der Waals surface area contributed by atoms with Gasteiger partial charge in [-0.25, -0.2) is 4.79 Å². The Bertz CT molecular complexity index is 296. The topological polar surface area (TPSA) is 87.0 Å². The number of ether oxygens (including phenoxy) is 1. The van der Waals surface area contributed by atoms with Crippen molar-refractivity contribution in [1.82, 2.24) is 0 Å². The van der Waals surface area contributed by atoms with Crippen molar-refractivity contribution >= 4 is 5.97 Å². The Morgan fingerprint density at radius 2 is 1.28 bits per heavy atom. The third-order valence-electron chi connectivity index (χ3n) is 4.55. The number of unbranched alkanes of at least 4 members (excludes halogenated alkanes) is 12. The first kappa shape index (κ1) is 24.4. The van der Waals surface area contributed by atoms with E-state index in [2.05, 4.69) is 6.92 Å². The number of carboxylic acid groups (broad SMARTS) is 1. The minimum atomic E-state index is -1.01. The van der Waals surface area contributed by atoms with E-state index in [1.165, 1.54) is 64.2 Å². The molecule has 0 aromatic rings. The second-order valence-corrected chi connectivity index (χ2v) is 7.03. The molecular weight excluding hydrogens is 320 g/mol. The lowest BCUT2D eigenvalue weighted by Gasteiger charge is -2.15. The monoisotopic (exact) mass is 360 g/mol. The van der Waals surface area contributed by atoms with E-state index >= 15 is 0 Å². The van der Waals surface area contributed by atoms with E-state index in [9.17, 15) is 9.90 Å². The molecule has 0 aliphatic carbocycles. The molecule has 0 saturated heterocycles. The van der Waals surface area contributed by atoms with Gasteiger partial charge in [-0.1, -0.05) is 90.4 Å². The van der Waals surface area contributed by atoms with E-state index in [0.717, 1.165) is 19.3 Å². The summed E-state index contributed by atoms with van der Waals surface area (Å²) in [5.41, 5.74) is 0. The Labute approximate surface area is 153 Å². The molecule has 2 atom stereocenters. The number of aliphatic carboxylic acids is 1. The zero-order chi connectivity index (χ0) is 18.8. The second-order valence-electron chi connectivity index (χ2n) is 7.03. The molecule has 0 rings (SSSR count). The quantitative estimate of drug-likeness (QED) is 0.299. The summed E-state index contributed by atoms with van der Waals surface area (Å²) in [5, 5.41) is 27.0. The highest BCUT2D eigenvalue weighted by atomic mass is 16.5. The van der Waals surface area contributed by atoms with Gasteiger partial charge in [-0.15, -0.1) is 0 Å². The largest absolute Gasteiger partial charge is 0.479 e. The Morgan fingerprint density at radius 3 is 1.68 bits per heavy atom. The standard InChI is InChI=1S/C20H40O5/c1-2-3-4-5-6-7-8-9-10-11-12-13-14-15-19(20(23)24)25-17-18(22)16-21/h18-19,21-22H,2-17H2,1H3,(H,23,24). The molecule has 0 radical (unpaired) electrons. The highest BCUT2D eigenvalue weighted by Crippen LogP contribution is 2.14. The van der Waals surface area contributed by atoms with E-state index < -0.39 is 24.8 Å². The summed E-state index contributed by atoms with van der Waals surface area (Å²) in [7, 11) is 0. The highest BCUT2D eigenvalue weighted by molar-refractivity contribution is 5.72. The Morgan fingerprint density at radius 1 is 0.840 bits per heavy atom. The average Bonchev–Trinajstić information content (AvgIpc) is 2.60. The number of rotatable bonds is 19. The first-order chi connectivity index (χ1) is 12.1. The van der Waals surface area contributed by atoms with Gasteiger partial charge in [-0.3, -0.25) is 0 Å². The van der Waals surface area contributed by atoms with Gasteiger partial charge < -0.3 is 20.1 Å². The van der Waals surface area contributed by atoms with Gasteiger partial charge in [0, 0.05) is 0 Å². The lowest BCUT2D eigenvalue weighted by molar-refractivity contribution is -0.153. The van der Waals surface area contributed by atoms with Crippen molar-refractivity contribution in [2.24, 2.45) is 0 Å². The van der Waals surface area contributed by atoms with Crippen LogP contribution in [0.5, 0.6) is 0 Å². The van der Waals surface area contributed by atoms with Crippen LogP contribution in [0, 0.1) is 0 Å². The molecule has 0 heterocycles. The van der Waals surface area contributed by atoms with Crippen molar-refractivity contribution in [3.63, 3.8) is 0 Å². The molecule has 0 amide bonds. The summed E-state index contributed by atoms with van der Waals surface area (Å²) >= 11 is 0. The minimum absolute atomic E-state index is 0.133. The van der Waals surface area contributed by atoms with Crippen molar-refractivity contribution < 1.29 is 24.9 Å². The smallest absolute Gasteiger partial charge is 0.332 e. The molecule has 3 N–H and O–H groups in total. The highest BCUT2D eigenvalue weighted by Gasteiger charge is 2.18. The van der Waals surface area contributed by atoms with E-state index in [1.54, 1.807) is 0 Å². The number of hydrogen-bond acceptors (Lipinski definition) is 4. The normalized spacial score (nSPS) is 13.7. The van der Waals surface area contributed by atoms with Crippen LogP contribution in [0.15, 0.2) is 0 Å². The number of aliphatic hydroxyl groups is 2. The molecule has 0 aromatic heterocycles. The maximum atomic E-state index is 11.1. The summed E-state index contributed by atoms with van der Waals surface area (Å²) in [4.78, 5) is 11.1. The van der Waals surface area contributed by atoms with Crippen molar-refractivity contribution in [2.45, 2.75) is 109 Å². The molecule has 0 aliphatic rings. The van der Waals surface area contributed by atoms with Gasteiger partial charge in [-0.2, -0.15) is 0 Å². The van der Waals surface area contributed by atoms with Crippen molar-refractivity contribution in [2.75, 3.05) is 13.2 Å². The summed E-state index contributed by atoms with van der Waals surface area (Å²) in [6, 6.07) is 0. The number of carboxylic acids is 1. The molecule has 2 unspecified atom stereocenters. The van der Waals surface area contributed by atoms with Gasteiger partial charge in [0.25, 0.3) is 0 Å². The summed E-state index contributed by atoms with van der Waals surface area (Å²) in [6.45, 7) is 1.70. The SMILES string of the molecule is CCCCCCCCCCCCCCCC(OCC(O)CO)C(=O)O. The molecule has 0 bridgehead atoms. The Hall–Kier alpha value is -0.650. The van der Waals surface area contributed by atoms with Crippen molar-refractivity contribution in [3.05, 3.63) is 0 Å². The Kier molecular flexibility index (Phi) is 17.7. The number of carbonyl (C=O) groups is 1. The third kappa shape index (κ3) is 16.6. The predicted octanol–water partition coefficient (Wildman–Crippen LogP) is 4.29. The van der Waals surface area contributed by atoms with Crippen LogP contribution in [0.1, 0.15) is 96.8 Å². The lowest BCUT2D eigenvalue weighted by atomic mass is 10.0. The van der Waals surface area contributed by atoms with Crippen LogP contribution in [0.4, 0.5) is 0 Å². The molecule has 5 nitrogen and oxygen atoms in total. The first-order valence-corrected chi connectivity index (χ1v) is 10.2. The molecule has 25 heavy (non-hydrogen) atoms. The molecule has 0 saturated carbocycles. The maximum absolute atomic E-state index is 11.1. The van der Waals surface area contributed by atoms with Crippen LogP contribution in [0.3, 0.4) is 0 Å². The molecule has 0 spiro atoms.